The average molecular weight is 511 g/mol. The van der Waals surface area contributed by atoms with E-state index in [4.69, 9.17) is 4.74 Å². The van der Waals surface area contributed by atoms with E-state index in [9.17, 15) is 41.4 Å². The molecule has 198 valence electrons. The molecule has 0 aromatic heterocycles. The molecule has 4 N–H and O–H groups in total. The summed E-state index contributed by atoms with van der Waals surface area (Å²) in [6.45, 7) is 5.42. The van der Waals surface area contributed by atoms with Crippen molar-refractivity contribution in [3.8, 4) is 0 Å². The van der Waals surface area contributed by atoms with Gasteiger partial charge in [0.1, 0.15) is 24.3 Å². The lowest BCUT2D eigenvalue weighted by atomic mass is 9.93. The van der Waals surface area contributed by atoms with Crippen molar-refractivity contribution in [2.24, 2.45) is 5.92 Å². The lowest BCUT2D eigenvalue weighted by Gasteiger charge is -2.33. The van der Waals surface area contributed by atoms with Crippen molar-refractivity contribution in [1.29, 1.82) is 0 Å². The number of aliphatic hydroxyl groups excluding tert-OH is 1. The van der Waals surface area contributed by atoms with Gasteiger partial charge in [-0.15, -0.1) is 0 Å². The van der Waals surface area contributed by atoms with E-state index in [0.29, 0.717) is 0 Å². The maximum Gasteiger partial charge on any atom is 0.408 e. The fourth-order valence-electron chi connectivity index (χ4n) is 2.89. The van der Waals surface area contributed by atoms with Crippen molar-refractivity contribution in [2.45, 2.75) is 70.5 Å². The van der Waals surface area contributed by atoms with Crippen molar-refractivity contribution in [3.63, 3.8) is 0 Å². The smallest absolute Gasteiger partial charge is 0.408 e. The van der Waals surface area contributed by atoms with E-state index in [1.54, 1.807) is 39.0 Å². The zero-order valence-electron chi connectivity index (χ0n) is 19.9. The van der Waals surface area contributed by atoms with Gasteiger partial charge in [-0.1, -0.05) is 44.2 Å². The second kappa shape index (κ2) is 11.6. The fraction of sp³-hybridized carbons (Fsp3) is 0.591. The van der Waals surface area contributed by atoms with E-state index in [1.165, 1.54) is 26.0 Å². The molecule has 0 saturated heterocycles. The zero-order chi connectivity index (χ0) is 27.2. The summed E-state index contributed by atoms with van der Waals surface area (Å²) in [5.41, 5.74) is -0.660. The van der Waals surface area contributed by atoms with Crippen LogP contribution in [0.3, 0.4) is 0 Å². The molecule has 0 aliphatic carbocycles. The molecule has 0 saturated carbocycles. The Kier molecular flexibility index (Phi) is 10.0. The SMILES string of the molecule is CC(C)[C@H](NC(=O)C(NC(=O)OC(C)(C)C)c1ccccc1)C(O)C(F)(F)C(=O)NCC(F)(F)F. The molecular formula is C22H30F5N3O5. The van der Waals surface area contributed by atoms with Crippen LogP contribution in [-0.4, -0.2) is 59.4 Å². The molecule has 2 unspecified atom stereocenters. The summed E-state index contributed by atoms with van der Waals surface area (Å²) < 4.78 is 71.0. The fourth-order valence-corrected chi connectivity index (χ4v) is 2.89. The van der Waals surface area contributed by atoms with Crippen LogP contribution in [0.25, 0.3) is 0 Å². The maximum atomic E-state index is 14.5. The lowest BCUT2D eigenvalue weighted by molar-refractivity contribution is -0.174. The number of rotatable bonds is 9. The van der Waals surface area contributed by atoms with Gasteiger partial charge < -0.3 is 25.8 Å². The average Bonchev–Trinajstić information content (AvgIpc) is 2.71. The number of amides is 3. The van der Waals surface area contributed by atoms with E-state index >= 15 is 0 Å². The molecule has 1 aromatic carbocycles. The second-order valence-electron chi connectivity index (χ2n) is 9.13. The van der Waals surface area contributed by atoms with Crippen molar-refractivity contribution in [3.05, 3.63) is 35.9 Å². The highest BCUT2D eigenvalue weighted by Crippen LogP contribution is 2.26. The summed E-state index contributed by atoms with van der Waals surface area (Å²) in [5.74, 6) is -8.94. The number of alkyl halides is 5. The maximum absolute atomic E-state index is 14.5. The number of carbonyl (C=O) groups is 3. The summed E-state index contributed by atoms with van der Waals surface area (Å²) in [6, 6.07) is 4.48. The Morgan fingerprint density at radius 1 is 0.971 bits per heavy atom. The van der Waals surface area contributed by atoms with Crippen LogP contribution >= 0.6 is 0 Å². The van der Waals surface area contributed by atoms with Gasteiger partial charge in [0.15, 0.2) is 0 Å². The molecule has 1 rings (SSSR count). The first-order valence-electron chi connectivity index (χ1n) is 10.6. The van der Waals surface area contributed by atoms with E-state index < -0.39 is 66.3 Å². The van der Waals surface area contributed by atoms with Gasteiger partial charge >= 0.3 is 18.2 Å². The first-order valence-corrected chi connectivity index (χ1v) is 10.6. The highest BCUT2D eigenvalue weighted by atomic mass is 19.4. The highest BCUT2D eigenvalue weighted by Gasteiger charge is 2.52. The second-order valence-corrected chi connectivity index (χ2v) is 9.13. The Bertz CT molecular complexity index is 872. The van der Waals surface area contributed by atoms with Gasteiger partial charge in [-0.3, -0.25) is 9.59 Å². The molecule has 0 bridgehead atoms. The third-order valence-corrected chi connectivity index (χ3v) is 4.55. The molecule has 0 heterocycles. The van der Waals surface area contributed by atoms with Crippen LogP contribution in [0.1, 0.15) is 46.2 Å². The largest absolute Gasteiger partial charge is 0.444 e. The minimum absolute atomic E-state index is 0.252. The summed E-state index contributed by atoms with van der Waals surface area (Å²) in [7, 11) is 0. The van der Waals surface area contributed by atoms with E-state index in [-0.39, 0.29) is 5.56 Å². The monoisotopic (exact) mass is 511 g/mol. The summed E-state index contributed by atoms with van der Waals surface area (Å²) in [5, 5.41) is 15.8. The van der Waals surface area contributed by atoms with Crippen LogP contribution in [0.5, 0.6) is 0 Å². The first-order chi connectivity index (χ1) is 15.8. The zero-order valence-corrected chi connectivity index (χ0v) is 19.9. The predicted octanol–water partition coefficient (Wildman–Crippen LogP) is 3.07. The van der Waals surface area contributed by atoms with Gasteiger partial charge in [0, 0.05) is 0 Å². The molecule has 0 radical (unpaired) electrons. The van der Waals surface area contributed by atoms with Crippen LogP contribution in [0.4, 0.5) is 26.7 Å². The Balaban J connectivity index is 3.14. The van der Waals surface area contributed by atoms with Crippen LogP contribution in [-0.2, 0) is 14.3 Å². The molecule has 3 amide bonds. The number of hydrogen-bond donors (Lipinski definition) is 4. The molecule has 35 heavy (non-hydrogen) atoms. The number of carbonyl (C=O) groups excluding carboxylic acids is 3. The van der Waals surface area contributed by atoms with Gasteiger partial charge in [-0.05, 0) is 32.3 Å². The number of ether oxygens (including phenoxy) is 1. The third kappa shape index (κ3) is 9.67. The van der Waals surface area contributed by atoms with Crippen LogP contribution in [0.15, 0.2) is 30.3 Å². The molecule has 0 aliphatic heterocycles. The van der Waals surface area contributed by atoms with Gasteiger partial charge in [0.05, 0.1) is 6.04 Å². The van der Waals surface area contributed by atoms with E-state index in [2.05, 4.69) is 10.6 Å². The van der Waals surface area contributed by atoms with E-state index in [1.807, 2.05) is 0 Å². The number of hydrogen-bond acceptors (Lipinski definition) is 5. The van der Waals surface area contributed by atoms with Crippen LogP contribution in [0, 0.1) is 5.92 Å². The molecule has 0 fully saturated rings. The number of benzene rings is 1. The Morgan fingerprint density at radius 3 is 1.97 bits per heavy atom. The molecule has 3 atom stereocenters. The molecule has 0 spiro atoms. The topological polar surface area (TPSA) is 117 Å². The molecular weight excluding hydrogens is 481 g/mol. The van der Waals surface area contributed by atoms with Crippen LogP contribution < -0.4 is 16.0 Å². The van der Waals surface area contributed by atoms with E-state index in [0.717, 1.165) is 5.32 Å². The minimum Gasteiger partial charge on any atom is -0.444 e. The molecule has 8 nitrogen and oxygen atoms in total. The van der Waals surface area contributed by atoms with Gasteiger partial charge in [-0.25, -0.2) is 4.79 Å². The van der Waals surface area contributed by atoms with Crippen molar-refractivity contribution < 1.29 is 46.2 Å². The standard InChI is InChI=1S/C22H30F5N3O5/c1-12(2)14(16(31)22(26,27)18(33)28-11-21(23,24)25)29-17(32)15(13-9-7-6-8-10-13)30-19(34)35-20(3,4)5/h6-10,12,14-16,31H,11H2,1-5H3,(H,28,33)(H,29,32)(H,30,34)/t14-,15?,16?/m0/s1. The van der Waals surface area contributed by atoms with Gasteiger partial charge in [0.2, 0.25) is 5.91 Å². The van der Waals surface area contributed by atoms with Crippen molar-refractivity contribution >= 4 is 17.9 Å². The first kappa shape index (κ1) is 30.1. The Morgan fingerprint density at radius 2 is 1.51 bits per heavy atom. The number of alkyl carbamates (subject to hydrolysis) is 1. The minimum atomic E-state index is -4.95. The lowest BCUT2D eigenvalue weighted by Crippen LogP contribution is -2.60. The Labute approximate surface area is 199 Å². The predicted molar refractivity (Wildman–Crippen MR) is 115 cm³/mol. The van der Waals surface area contributed by atoms with Crippen LogP contribution in [0.2, 0.25) is 0 Å². The summed E-state index contributed by atoms with van der Waals surface area (Å²) >= 11 is 0. The summed E-state index contributed by atoms with van der Waals surface area (Å²) in [4.78, 5) is 37.0. The van der Waals surface area contributed by atoms with Gasteiger partial charge in [0.25, 0.3) is 5.91 Å². The van der Waals surface area contributed by atoms with Crippen molar-refractivity contribution in [1.82, 2.24) is 16.0 Å². The summed E-state index contributed by atoms with van der Waals surface area (Å²) in [6.07, 6.45) is -8.81. The van der Waals surface area contributed by atoms with Crippen molar-refractivity contribution in [2.75, 3.05) is 6.54 Å². The number of halogens is 5. The number of nitrogens with one attached hydrogen (secondary N) is 3. The molecule has 1 aromatic rings. The molecule has 0 aliphatic rings. The Hall–Kier alpha value is -2.96. The highest BCUT2D eigenvalue weighted by molar-refractivity contribution is 5.88. The third-order valence-electron chi connectivity index (χ3n) is 4.55. The quantitative estimate of drug-likeness (QED) is 0.381. The number of aliphatic hydroxyl groups is 1. The van der Waals surface area contributed by atoms with Gasteiger partial charge in [-0.2, -0.15) is 22.0 Å². The molecule has 13 heteroatoms. The normalized spacial score (nSPS) is 15.1.